The van der Waals surface area contributed by atoms with Gasteiger partial charge >= 0.3 is 0 Å². The summed E-state index contributed by atoms with van der Waals surface area (Å²) in [6, 6.07) is 8.22. The molecule has 4 amide bonds. The number of allylic oxidation sites excluding steroid dienone is 1. The maximum absolute atomic E-state index is 14.1. The minimum atomic E-state index is -3.79. The molecule has 4 aliphatic rings. The number of hydrogen-bond acceptors (Lipinski definition) is 6. The van der Waals surface area contributed by atoms with Crippen LogP contribution in [0.2, 0.25) is 0 Å². The van der Waals surface area contributed by atoms with Crippen LogP contribution in [-0.2, 0) is 29.2 Å². The van der Waals surface area contributed by atoms with E-state index in [-0.39, 0.29) is 11.8 Å². The minimum Gasteiger partial charge on any atom is -0.369 e. The molecule has 2 heterocycles. The molecular formula is C29H38N4O6S. The number of benzene rings is 1. The SMILES string of the molecule is NC(=O)C(c1ccccc1)C1CCCCC/C=C\C2CC2(C(=O)NS(=O)(=O)C2CC2)NC(=O)C2CCCN2C1=O. The van der Waals surface area contributed by atoms with Crippen molar-refractivity contribution in [1.82, 2.24) is 14.9 Å². The third kappa shape index (κ3) is 5.80. The zero-order valence-electron chi connectivity index (χ0n) is 22.6. The summed E-state index contributed by atoms with van der Waals surface area (Å²) in [7, 11) is -3.79. The van der Waals surface area contributed by atoms with Crippen molar-refractivity contribution in [3.05, 3.63) is 48.0 Å². The van der Waals surface area contributed by atoms with Gasteiger partial charge in [-0.3, -0.25) is 23.9 Å². The number of hydrogen-bond donors (Lipinski definition) is 3. The molecule has 10 nitrogen and oxygen atoms in total. The lowest BCUT2D eigenvalue weighted by molar-refractivity contribution is -0.144. The monoisotopic (exact) mass is 570 g/mol. The quantitative estimate of drug-likeness (QED) is 0.444. The number of rotatable bonds is 6. The van der Waals surface area contributed by atoms with Gasteiger partial charge in [0.2, 0.25) is 27.7 Å². The van der Waals surface area contributed by atoms with E-state index >= 15 is 0 Å². The minimum absolute atomic E-state index is 0.291. The summed E-state index contributed by atoms with van der Waals surface area (Å²) in [6.07, 6.45) is 9.82. The Kier molecular flexibility index (Phi) is 8.03. The Morgan fingerprint density at radius 1 is 1.02 bits per heavy atom. The van der Waals surface area contributed by atoms with Crippen LogP contribution in [0.1, 0.15) is 75.7 Å². The first-order valence-corrected chi connectivity index (χ1v) is 15.9. The Bertz CT molecular complexity index is 1290. The molecule has 2 saturated carbocycles. The second kappa shape index (κ2) is 11.3. The summed E-state index contributed by atoms with van der Waals surface area (Å²) >= 11 is 0. The molecule has 0 aromatic heterocycles. The molecule has 2 aliphatic heterocycles. The molecule has 5 rings (SSSR count). The summed E-state index contributed by atoms with van der Waals surface area (Å²) in [6.45, 7) is 0.353. The van der Waals surface area contributed by atoms with Crippen LogP contribution in [0.4, 0.5) is 0 Å². The predicted octanol–water partition coefficient (Wildman–Crippen LogP) is 1.87. The van der Waals surface area contributed by atoms with Gasteiger partial charge in [0.1, 0.15) is 11.6 Å². The van der Waals surface area contributed by atoms with E-state index < -0.39 is 56.4 Å². The summed E-state index contributed by atoms with van der Waals surface area (Å²) in [5, 5.41) is 2.29. The molecule has 0 radical (unpaired) electrons. The van der Waals surface area contributed by atoms with Crippen molar-refractivity contribution in [2.45, 2.75) is 87.0 Å². The van der Waals surface area contributed by atoms with Crippen molar-refractivity contribution in [3.63, 3.8) is 0 Å². The molecule has 1 aromatic rings. The molecule has 216 valence electrons. The first kappa shape index (κ1) is 28.3. The van der Waals surface area contributed by atoms with Gasteiger partial charge in [0.15, 0.2) is 0 Å². The molecule has 4 N–H and O–H groups in total. The molecule has 1 saturated heterocycles. The lowest BCUT2D eigenvalue weighted by Crippen LogP contribution is -2.57. The van der Waals surface area contributed by atoms with Crippen LogP contribution >= 0.6 is 0 Å². The fraction of sp³-hybridized carbons (Fsp3) is 0.586. The van der Waals surface area contributed by atoms with Crippen LogP contribution in [0.3, 0.4) is 0 Å². The van der Waals surface area contributed by atoms with Crippen LogP contribution < -0.4 is 15.8 Å². The van der Waals surface area contributed by atoms with E-state index in [4.69, 9.17) is 5.73 Å². The maximum Gasteiger partial charge on any atom is 0.259 e. The first-order valence-electron chi connectivity index (χ1n) is 14.3. The average molecular weight is 571 g/mol. The lowest BCUT2D eigenvalue weighted by atomic mass is 9.81. The van der Waals surface area contributed by atoms with Crippen LogP contribution in [0, 0.1) is 11.8 Å². The van der Waals surface area contributed by atoms with Gasteiger partial charge in [-0.05, 0) is 56.9 Å². The van der Waals surface area contributed by atoms with Crippen LogP contribution in [0.25, 0.3) is 0 Å². The highest BCUT2D eigenvalue weighted by molar-refractivity contribution is 7.91. The summed E-state index contributed by atoms with van der Waals surface area (Å²) in [5.74, 6) is -3.95. The van der Waals surface area contributed by atoms with E-state index in [1.807, 2.05) is 18.2 Å². The largest absolute Gasteiger partial charge is 0.369 e. The van der Waals surface area contributed by atoms with Gasteiger partial charge in [0.25, 0.3) is 5.91 Å². The number of amides is 4. The zero-order chi connectivity index (χ0) is 28.5. The number of nitrogens with one attached hydrogen (secondary N) is 2. The van der Waals surface area contributed by atoms with E-state index in [0.29, 0.717) is 50.6 Å². The highest BCUT2D eigenvalue weighted by atomic mass is 32.2. The molecule has 0 spiro atoms. The summed E-state index contributed by atoms with van der Waals surface area (Å²) < 4.78 is 27.3. The number of primary amides is 1. The second-order valence-corrected chi connectivity index (χ2v) is 13.6. The summed E-state index contributed by atoms with van der Waals surface area (Å²) in [5.41, 5.74) is 5.17. The van der Waals surface area contributed by atoms with E-state index in [1.54, 1.807) is 24.3 Å². The lowest BCUT2D eigenvalue weighted by Gasteiger charge is -2.32. The molecule has 40 heavy (non-hydrogen) atoms. The molecule has 11 heteroatoms. The number of fused-ring (bicyclic) bond motifs is 2. The maximum atomic E-state index is 14.1. The fourth-order valence-corrected chi connectivity index (χ4v) is 7.60. The fourth-order valence-electron chi connectivity index (χ4n) is 6.23. The van der Waals surface area contributed by atoms with Gasteiger partial charge in [-0.25, -0.2) is 8.42 Å². The van der Waals surface area contributed by atoms with E-state index in [1.165, 1.54) is 4.90 Å². The molecule has 5 unspecified atom stereocenters. The third-order valence-electron chi connectivity index (χ3n) is 8.74. The van der Waals surface area contributed by atoms with Crippen molar-refractivity contribution in [2.24, 2.45) is 17.6 Å². The predicted molar refractivity (Wildman–Crippen MR) is 148 cm³/mol. The smallest absolute Gasteiger partial charge is 0.259 e. The standard InChI is InChI=1S/C29H38N4O6S/c30-25(34)24(19-10-5-4-6-11-19)22-13-8-3-1-2-7-12-20-18-29(20,28(37)32-40(38,39)21-15-16-21)31-26(35)23-14-9-17-33(23)27(22)36/h4-7,10-12,20-24H,1-3,8-9,13-18H2,(H2,30,34)(H,31,35)(H,32,37)/b12-7-. The first-order chi connectivity index (χ1) is 19.1. The van der Waals surface area contributed by atoms with Crippen LogP contribution in [-0.4, -0.2) is 60.3 Å². The number of nitrogens with two attached hydrogens (primary N) is 1. The Morgan fingerprint density at radius 2 is 1.77 bits per heavy atom. The van der Waals surface area contributed by atoms with Gasteiger partial charge < -0.3 is 16.0 Å². The summed E-state index contributed by atoms with van der Waals surface area (Å²) in [4.78, 5) is 55.3. The normalized spacial score (nSPS) is 31.0. The number of nitrogens with zero attached hydrogens (tertiary/aromatic N) is 1. The van der Waals surface area contributed by atoms with Gasteiger partial charge in [-0.15, -0.1) is 0 Å². The Labute approximate surface area is 235 Å². The number of carbonyl (C=O) groups excluding carboxylic acids is 4. The van der Waals surface area contributed by atoms with Crippen LogP contribution in [0.15, 0.2) is 42.5 Å². The average Bonchev–Trinajstić information content (AvgIpc) is 3.83. The third-order valence-corrected chi connectivity index (χ3v) is 10.6. The van der Waals surface area contributed by atoms with Crippen LogP contribution in [0.5, 0.6) is 0 Å². The highest BCUT2D eigenvalue weighted by Gasteiger charge is 2.62. The van der Waals surface area contributed by atoms with E-state index in [2.05, 4.69) is 10.0 Å². The van der Waals surface area contributed by atoms with Crippen molar-refractivity contribution in [3.8, 4) is 0 Å². The number of sulfonamides is 1. The van der Waals surface area contributed by atoms with E-state index in [0.717, 1.165) is 25.7 Å². The topological polar surface area (TPSA) is 156 Å². The second-order valence-electron chi connectivity index (χ2n) is 11.6. The number of carbonyl (C=O) groups is 4. The molecule has 5 atom stereocenters. The van der Waals surface area contributed by atoms with Crippen molar-refractivity contribution in [1.29, 1.82) is 0 Å². The highest BCUT2D eigenvalue weighted by Crippen LogP contribution is 2.46. The van der Waals surface area contributed by atoms with Gasteiger partial charge in [0, 0.05) is 12.5 Å². The Morgan fingerprint density at radius 3 is 2.48 bits per heavy atom. The molecule has 2 aliphatic carbocycles. The molecule has 3 fully saturated rings. The van der Waals surface area contributed by atoms with Crippen molar-refractivity contribution >= 4 is 33.7 Å². The van der Waals surface area contributed by atoms with Crippen molar-refractivity contribution in [2.75, 3.05) is 6.54 Å². The Hall–Kier alpha value is -3.21. The Balaban J connectivity index is 1.43. The van der Waals surface area contributed by atoms with Gasteiger partial charge in [0.05, 0.1) is 17.1 Å². The van der Waals surface area contributed by atoms with E-state index in [9.17, 15) is 27.6 Å². The van der Waals surface area contributed by atoms with Crippen molar-refractivity contribution < 1.29 is 27.6 Å². The van der Waals surface area contributed by atoms with Gasteiger partial charge in [-0.1, -0.05) is 55.3 Å². The van der Waals surface area contributed by atoms with Gasteiger partial charge in [-0.2, -0.15) is 0 Å². The molecule has 1 aromatic carbocycles. The molecular weight excluding hydrogens is 532 g/mol. The molecule has 0 bridgehead atoms. The zero-order valence-corrected chi connectivity index (χ0v) is 23.4.